The van der Waals surface area contributed by atoms with Gasteiger partial charge in [-0.2, -0.15) is 4.98 Å². The highest BCUT2D eigenvalue weighted by Gasteiger charge is 2.27. The van der Waals surface area contributed by atoms with Crippen LogP contribution in [0.2, 0.25) is 0 Å². The number of rotatable bonds is 5. The van der Waals surface area contributed by atoms with Crippen molar-refractivity contribution in [3.8, 4) is 0 Å². The first-order valence-corrected chi connectivity index (χ1v) is 11.7. The Morgan fingerprint density at radius 3 is 2.34 bits per heavy atom. The average Bonchev–Trinajstić information content (AvgIpc) is 3.29. The number of para-hydroxylation sites is 2. The highest BCUT2D eigenvalue weighted by Crippen LogP contribution is 2.24. The third kappa shape index (κ3) is 4.43. The van der Waals surface area contributed by atoms with Crippen molar-refractivity contribution in [3.63, 3.8) is 0 Å². The van der Waals surface area contributed by atoms with Crippen molar-refractivity contribution in [3.05, 3.63) is 48.5 Å². The predicted octanol–water partition coefficient (Wildman–Crippen LogP) is 3.97. The number of fused-ring (bicyclic) bond motifs is 1. The highest BCUT2D eigenvalue weighted by atomic mass is 16.4. The quantitative estimate of drug-likeness (QED) is 0.657. The molecule has 168 valence electrons. The van der Waals surface area contributed by atoms with E-state index in [-0.39, 0.29) is 11.9 Å². The van der Waals surface area contributed by atoms with E-state index in [1.807, 2.05) is 43.3 Å². The fourth-order valence-corrected chi connectivity index (χ4v) is 4.62. The molecule has 3 aromatic rings. The third-order valence-electron chi connectivity index (χ3n) is 6.65. The zero-order valence-corrected chi connectivity index (χ0v) is 18.7. The van der Waals surface area contributed by atoms with Crippen LogP contribution in [0.4, 0.5) is 17.4 Å². The van der Waals surface area contributed by atoms with Crippen LogP contribution in [0.25, 0.3) is 11.1 Å². The topological polar surface area (TPSA) is 64.9 Å². The van der Waals surface area contributed by atoms with E-state index in [1.165, 1.54) is 24.9 Å². The molecule has 3 heterocycles. The van der Waals surface area contributed by atoms with E-state index in [2.05, 4.69) is 37.1 Å². The molecule has 1 unspecified atom stereocenters. The molecule has 2 fully saturated rings. The Morgan fingerprint density at radius 1 is 0.906 bits per heavy atom. The van der Waals surface area contributed by atoms with Gasteiger partial charge in [-0.25, -0.2) is 0 Å². The van der Waals surface area contributed by atoms with E-state index in [0.717, 1.165) is 56.1 Å². The summed E-state index contributed by atoms with van der Waals surface area (Å²) in [5.74, 6) is 0.0334. The summed E-state index contributed by atoms with van der Waals surface area (Å²) < 4.78 is 5.90. The van der Waals surface area contributed by atoms with E-state index in [4.69, 9.17) is 4.42 Å². The number of carbonyl (C=O) groups excluding carboxylic acids is 1. The van der Waals surface area contributed by atoms with Crippen molar-refractivity contribution < 1.29 is 9.21 Å². The number of piperidine rings is 1. The van der Waals surface area contributed by atoms with Gasteiger partial charge in [0.15, 0.2) is 5.58 Å². The lowest BCUT2D eigenvalue weighted by molar-refractivity contribution is -0.120. The molecule has 2 saturated heterocycles. The van der Waals surface area contributed by atoms with Crippen molar-refractivity contribution in [1.82, 2.24) is 9.88 Å². The summed E-state index contributed by atoms with van der Waals surface area (Å²) >= 11 is 0. The number of benzene rings is 2. The molecule has 7 nitrogen and oxygen atoms in total. The summed E-state index contributed by atoms with van der Waals surface area (Å²) in [6, 6.07) is 16.6. The Hall–Kier alpha value is -3.06. The summed E-state index contributed by atoms with van der Waals surface area (Å²) in [6.45, 7) is 7.38. The molecule has 5 rings (SSSR count). The van der Waals surface area contributed by atoms with Crippen LogP contribution in [0.5, 0.6) is 0 Å². The summed E-state index contributed by atoms with van der Waals surface area (Å²) in [6.07, 6.45) is 3.84. The predicted molar refractivity (Wildman–Crippen MR) is 128 cm³/mol. The molecule has 2 aliphatic rings. The summed E-state index contributed by atoms with van der Waals surface area (Å²) in [5, 5.41) is 3.09. The smallest absolute Gasteiger partial charge is 0.298 e. The Bertz CT molecular complexity index is 1020. The standard InChI is InChI=1S/C25H31N5O2/c1-19(24(31)26-20-9-11-21(12-10-20)29-13-5-2-6-14-29)28-15-17-30(18-16-28)25-27-22-7-3-4-8-23(22)32-25/h3-4,7-12,19H,2,5-6,13-18H2,1H3,(H,26,31). The number of hydrogen-bond donors (Lipinski definition) is 1. The van der Waals surface area contributed by atoms with Crippen LogP contribution in [-0.4, -0.2) is 61.1 Å². The SMILES string of the molecule is CC(C(=O)Nc1ccc(N2CCCCC2)cc1)N1CCN(c2nc3ccccc3o2)CC1. The fraction of sp³-hybridized carbons (Fsp3) is 0.440. The molecule has 1 N–H and O–H groups in total. The van der Waals surface area contributed by atoms with Gasteiger partial charge in [0, 0.05) is 50.6 Å². The second-order valence-electron chi connectivity index (χ2n) is 8.75. The van der Waals surface area contributed by atoms with Crippen molar-refractivity contribution in [1.29, 1.82) is 0 Å². The molecule has 0 spiro atoms. The molecule has 1 amide bonds. The Balaban J connectivity index is 1.14. The number of carbonyl (C=O) groups is 1. The summed E-state index contributed by atoms with van der Waals surface area (Å²) in [4.78, 5) is 24.3. The molecule has 2 aromatic carbocycles. The van der Waals surface area contributed by atoms with Crippen molar-refractivity contribution in [2.24, 2.45) is 0 Å². The Kier molecular flexibility index (Phi) is 5.99. The monoisotopic (exact) mass is 433 g/mol. The molecule has 1 atom stereocenters. The molecule has 2 aliphatic heterocycles. The average molecular weight is 434 g/mol. The molecule has 32 heavy (non-hydrogen) atoms. The number of amides is 1. The van der Waals surface area contributed by atoms with Crippen LogP contribution in [0.3, 0.4) is 0 Å². The number of hydrogen-bond acceptors (Lipinski definition) is 6. The van der Waals surface area contributed by atoms with Crippen LogP contribution in [0.1, 0.15) is 26.2 Å². The second-order valence-corrected chi connectivity index (χ2v) is 8.75. The fourth-order valence-electron chi connectivity index (χ4n) is 4.62. The first kappa shape index (κ1) is 20.8. The number of oxazole rings is 1. The molecule has 0 radical (unpaired) electrons. The largest absolute Gasteiger partial charge is 0.423 e. The van der Waals surface area contributed by atoms with Gasteiger partial charge >= 0.3 is 0 Å². The Morgan fingerprint density at radius 2 is 1.62 bits per heavy atom. The normalized spacial score (nSPS) is 18.7. The maximum atomic E-state index is 12.9. The number of nitrogens with one attached hydrogen (secondary N) is 1. The number of piperazine rings is 1. The molecule has 0 bridgehead atoms. The van der Waals surface area contributed by atoms with Crippen molar-refractivity contribution in [2.75, 3.05) is 54.4 Å². The minimum Gasteiger partial charge on any atom is -0.423 e. The van der Waals surface area contributed by atoms with E-state index in [1.54, 1.807) is 0 Å². The van der Waals surface area contributed by atoms with Gasteiger partial charge in [-0.1, -0.05) is 12.1 Å². The maximum absolute atomic E-state index is 12.9. The number of anilines is 3. The minimum atomic E-state index is -0.192. The molecule has 1 aromatic heterocycles. The molecule has 0 saturated carbocycles. The van der Waals surface area contributed by atoms with Crippen molar-refractivity contribution in [2.45, 2.75) is 32.2 Å². The number of aromatic nitrogens is 1. The van der Waals surface area contributed by atoms with Gasteiger partial charge in [-0.3, -0.25) is 9.69 Å². The molecular formula is C25H31N5O2. The maximum Gasteiger partial charge on any atom is 0.298 e. The van der Waals surface area contributed by atoms with Crippen molar-refractivity contribution >= 4 is 34.4 Å². The van der Waals surface area contributed by atoms with E-state index in [9.17, 15) is 4.79 Å². The van der Waals surface area contributed by atoms with Crippen LogP contribution in [-0.2, 0) is 4.79 Å². The highest BCUT2D eigenvalue weighted by molar-refractivity contribution is 5.94. The lowest BCUT2D eigenvalue weighted by Gasteiger charge is -2.36. The van der Waals surface area contributed by atoms with Gasteiger partial charge in [0.25, 0.3) is 6.01 Å². The van der Waals surface area contributed by atoms with Gasteiger partial charge in [0.1, 0.15) is 5.52 Å². The van der Waals surface area contributed by atoms with Crippen LogP contribution < -0.4 is 15.1 Å². The summed E-state index contributed by atoms with van der Waals surface area (Å²) in [7, 11) is 0. The van der Waals surface area contributed by atoms with Crippen LogP contribution in [0, 0.1) is 0 Å². The van der Waals surface area contributed by atoms with Gasteiger partial charge in [0.2, 0.25) is 5.91 Å². The van der Waals surface area contributed by atoms with Gasteiger partial charge in [0.05, 0.1) is 6.04 Å². The van der Waals surface area contributed by atoms with Gasteiger partial charge in [-0.05, 0) is 62.6 Å². The zero-order chi connectivity index (χ0) is 21.9. The summed E-state index contributed by atoms with van der Waals surface area (Å²) in [5.41, 5.74) is 3.78. The second kappa shape index (κ2) is 9.20. The number of nitrogens with zero attached hydrogens (tertiary/aromatic N) is 4. The lowest BCUT2D eigenvalue weighted by atomic mass is 10.1. The van der Waals surface area contributed by atoms with Gasteiger partial charge in [-0.15, -0.1) is 0 Å². The Labute approximate surface area is 189 Å². The third-order valence-corrected chi connectivity index (χ3v) is 6.65. The molecule has 0 aliphatic carbocycles. The first-order chi connectivity index (χ1) is 15.7. The minimum absolute atomic E-state index is 0.0334. The zero-order valence-electron chi connectivity index (χ0n) is 18.7. The van der Waals surface area contributed by atoms with Crippen LogP contribution >= 0.6 is 0 Å². The lowest BCUT2D eigenvalue weighted by Crippen LogP contribution is -2.52. The van der Waals surface area contributed by atoms with E-state index >= 15 is 0 Å². The van der Waals surface area contributed by atoms with Crippen LogP contribution in [0.15, 0.2) is 52.9 Å². The molecular weight excluding hydrogens is 402 g/mol. The van der Waals surface area contributed by atoms with E-state index in [0.29, 0.717) is 6.01 Å². The van der Waals surface area contributed by atoms with Gasteiger partial charge < -0.3 is 19.5 Å². The molecule has 7 heteroatoms. The first-order valence-electron chi connectivity index (χ1n) is 11.7. The van der Waals surface area contributed by atoms with E-state index < -0.39 is 0 Å².